The fraction of sp³-hybridized carbons (Fsp3) is 0.500. The fourth-order valence-electron chi connectivity index (χ4n) is 2.51. The lowest BCUT2D eigenvalue weighted by Crippen LogP contribution is -2.38. The molecule has 1 aromatic carbocycles. The summed E-state index contributed by atoms with van der Waals surface area (Å²) >= 11 is 0. The number of anilines is 1. The van der Waals surface area contributed by atoms with Crippen molar-refractivity contribution in [3.05, 3.63) is 29.1 Å². The zero-order valence-corrected chi connectivity index (χ0v) is 12.9. The molecule has 1 unspecified atom stereocenters. The number of nitrogens with one attached hydrogen (secondary N) is 1. The normalized spacial score (nSPS) is 15.8. The van der Waals surface area contributed by atoms with Crippen LogP contribution in [0.4, 0.5) is 10.1 Å². The molecule has 1 aliphatic heterocycles. The van der Waals surface area contributed by atoms with E-state index in [0.717, 1.165) is 0 Å². The number of hydrogen-bond donors (Lipinski definition) is 1. The molecule has 0 aromatic heterocycles. The number of carbonyl (C=O) groups excluding carboxylic acids is 2. The number of hydrogen-bond acceptors (Lipinski definition) is 3. The molecule has 0 aliphatic carbocycles. The summed E-state index contributed by atoms with van der Waals surface area (Å²) in [6, 6.07) is 3.28. The number of nitrogens with zero attached hydrogens (tertiary/aromatic N) is 1. The summed E-state index contributed by atoms with van der Waals surface area (Å²) in [6.45, 7) is 8.79. The van der Waals surface area contributed by atoms with E-state index in [1.807, 2.05) is 20.8 Å². The summed E-state index contributed by atoms with van der Waals surface area (Å²) in [5.41, 5.74) is 0.956. The lowest BCUT2D eigenvalue weighted by molar-refractivity contribution is -0.114. The first-order valence-corrected chi connectivity index (χ1v) is 7.21. The second-order valence-electron chi connectivity index (χ2n) is 6.06. The molecule has 1 aromatic rings. The van der Waals surface area contributed by atoms with Gasteiger partial charge in [0.2, 0.25) is 0 Å². The second-order valence-corrected chi connectivity index (χ2v) is 6.06. The van der Waals surface area contributed by atoms with E-state index in [0.29, 0.717) is 24.7 Å². The number of amides is 1. The molecule has 1 heterocycles. The Balaban J connectivity index is 2.23. The van der Waals surface area contributed by atoms with Gasteiger partial charge in [0, 0.05) is 12.6 Å². The van der Waals surface area contributed by atoms with E-state index in [9.17, 15) is 14.0 Å². The number of benzene rings is 1. The van der Waals surface area contributed by atoms with Crippen LogP contribution in [0.2, 0.25) is 0 Å². The predicted molar refractivity (Wildman–Crippen MR) is 80.1 cm³/mol. The SMILES string of the molecule is Cc1cc(F)c2c(c1)C(=O)C(=O)N2CC(C)CNC(C)C. The smallest absolute Gasteiger partial charge is 0.299 e. The molecule has 5 heteroatoms. The van der Waals surface area contributed by atoms with E-state index in [-0.39, 0.29) is 17.2 Å². The molecule has 114 valence electrons. The third-order valence-corrected chi connectivity index (χ3v) is 3.53. The number of Topliss-reactive ketones (excluding diaryl/α,β-unsaturated/α-hetero) is 1. The van der Waals surface area contributed by atoms with Gasteiger partial charge in [-0.1, -0.05) is 20.8 Å². The minimum Gasteiger partial charge on any atom is -0.314 e. The average Bonchev–Trinajstić information content (AvgIpc) is 2.62. The van der Waals surface area contributed by atoms with Gasteiger partial charge in [-0.25, -0.2) is 4.39 Å². The van der Waals surface area contributed by atoms with Gasteiger partial charge < -0.3 is 10.2 Å². The summed E-state index contributed by atoms with van der Waals surface area (Å²) in [5.74, 6) is -1.63. The van der Waals surface area contributed by atoms with Crippen molar-refractivity contribution in [1.29, 1.82) is 0 Å². The zero-order chi connectivity index (χ0) is 15.7. The Morgan fingerprint density at radius 3 is 2.52 bits per heavy atom. The number of ketones is 1. The van der Waals surface area contributed by atoms with Crippen molar-refractivity contribution in [2.45, 2.75) is 33.7 Å². The Labute approximate surface area is 124 Å². The molecule has 4 nitrogen and oxygen atoms in total. The molecular weight excluding hydrogens is 271 g/mol. The lowest BCUT2D eigenvalue weighted by Gasteiger charge is -2.22. The third-order valence-electron chi connectivity index (χ3n) is 3.53. The van der Waals surface area contributed by atoms with Crippen molar-refractivity contribution in [2.75, 3.05) is 18.0 Å². The van der Waals surface area contributed by atoms with Crippen LogP contribution in [-0.2, 0) is 4.79 Å². The van der Waals surface area contributed by atoms with Crippen LogP contribution in [0.5, 0.6) is 0 Å². The van der Waals surface area contributed by atoms with Crippen LogP contribution in [0, 0.1) is 18.7 Å². The highest BCUT2D eigenvalue weighted by molar-refractivity contribution is 6.52. The van der Waals surface area contributed by atoms with Gasteiger partial charge in [-0.2, -0.15) is 0 Å². The summed E-state index contributed by atoms with van der Waals surface area (Å²) < 4.78 is 14.2. The van der Waals surface area contributed by atoms with Gasteiger partial charge in [0.05, 0.1) is 11.3 Å². The second kappa shape index (κ2) is 5.93. The molecule has 1 amide bonds. The number of carbonyl (C=O) groups is 2. The topological polar surface area (TPSA) is 49.4 Å². The Kier molecular flexibility index (Phi) is 4.42. The van der Waals surface area contributed by atoms with Gasteiger partial charge in [-0.15, -0.1) is 0 Å². The molecule has 2 rings (SSSR count). The van der Waals surface area contributed by atoms with Crippen LogP contribution in [-0.4, -0.2) is 30.8 Å². The van der Waals surface area contributed by atoms with Crippen molar-refractivity contribution in [1.82, 2.24) is 5.32 Å². The zero-order valence-electron chi connectivity index (χ0n) is 12.9. The summed E-state index contributed by atoms with van der Waals surface area (Å²) in [6.07, 6.45) is 0. The first-order chi connectivity index (χ1) is 9.81. The molecule has 0 saturated carbocycles. The highest BCUT2D eigenvalue weighted by Gasteiger charge is 2.38. The minimum absolute atomic E-state index is 0.121. The quantitative estimate of drug-likeness (QED) is 0.847. The Morgan fingerprint density at radius 2 is 1.90 bits per heavy atom. The van der Waals surface area contributed by atoms with Crippen LogP contribution >= 0.6 is 0 Å². The average molecular weight is 292 g/mol. The number of rotatable bonds is 5. The first kappa shape index (κ1) is 15.6. The fourth-order valence-corrected chi connectivity index (χ4v) is 2.51. The molecule has 0 spiro atoms. The van der Waals surface area contributed by atoms with Gasteiger partial charge in [0.25, 0.3) is 11.7 Å². The van der Waals surface area contributed by atoms with Gasteiger partial charge >= 0.3 is 0 Å². The molecule has 1 N–H and O–H groups in total. The monoisotopic (exact) mass is 292 g/mol. The summed E-state index contributed by atoms with van der Waals surface area (Å²) in [5, 5.41) is 3.28. The van der Waals surface area contributed by atoms with Gasteiger partial charge in [-0.3, -0.25) is 9.59 Å². The molecule has 1 atom stereocenters. The molecule has 0 radical (unpaired) electrons. The maximum Gasteiger partial charge on any atom is 0.299 e. The van der Waals surface area contributed by atoms with E-state index >= 15 is 0 Å². The molecular formula is C16H21FN2O2. The van der Waals surface area contributed by atoms with Crippen LogP contribution in [0.1, 0.15) is 36.7 Å². The van der Waals surface area contributed by atoms with Crippen molar-refractivity contribution >= 4 is 17.4 Å². The van der Waals surface area contributed by atoms with Crippen molar-refractivity contribution in [3.63, 3.8) is 0 Å². The Morgan fingerprint density at radius 1 is 1.24 bits per heavy atom. The van der Waals surface area contributed by atoms with Crippen LogP contribution in [0.3, 0.4) is 0 Å². The van der Waals surface area contributed by atoms with Crippen LogP contribution in [0.15, 0.2) is 12.1 Å². The predicted octanol–water partition coefficient (Wildman–Crippen LogP) is 2.30. The Bertz CT molecular complexity index is 584. The van der Waals surface area contributed by atoms with E-state index in [1.165, 1.54) is 11.0 Å². The van der Waals surface area contributed by atoms with E-state index in [2.05, 4.69) is 5.32 Å². The molecule has 21 heavy (non-hydrogen) atoms. The Hall–Kier alpha value is -1.75. The van der Waals surface area contributed by atoms with Gasteiger partial charge in [0.1, 0.15) is 5.82 Å². The number of halogens is 1. The maximum absolute atomic E-state index is 14.2. The minimum atomic E-state index is -0.633. The summed E-state index contributed by atoms with van der Waals surface area (Å²) in [4.78, 5) is 25.4. The number of aryl methyl sites for hydroxylation is 1. The van der Waals surface area contributed by atoms with E-state index in [4.69, 9.17) is 0 Å². The van der Waals surface area contributed by atoms with Crippen molar-refractivity contribution in [3.8, 4) is 0 Å². The van der Waals surface area contributed by atoms with Crippen LogP contribution in [0.25, 0.3) is 0 Å². The highest BCUT2D eigenvalue weighted by atomic mass is 19.1. The van der Waals surface area contributed by atoms with Crippen molar-refractivity contribution in [2.24, 2.45) is 5.92 Å². The standard InChI is InChI=1S/C16H21FN2O2/c1-9(2)18-7-11(4)8-19-14-12(15(20)16(19)21)5-10(3)6-13(14)17/h5-6,9,11,18H,7-8H2,1-4H3. The summed E-state index contributed by atoms with van der Waals surface area (Å²) in [7, 11) is 0. The molecule has 0 saturated heterocycles. The third kappa shape index (κ3) is 3.13. The first-order valence-electron chi connectivity index (χ1n) is 7.21. The van der Waals surface area contributed by atoms with Crippen molar-refractivity contribution < 1.29 is 14.0 Å². The highest BCUT2D eigenvalue weighted by Crippen LogP contribution is 2.33. The van der Waals surface area contributed by atoms with E-state index < -0.39 is 17.5 Å². The van der Waals surface area contributed by atoms with Gasteiger partial charge in [0.15, 0.2) is 0 Å². The lowest BCUT2D eigenvalue weighted by atomic mass is 10.1. The molecule has 0 bridgehead atoms. The maximum atomic E-state index is 14.2. The molecule has 0 fully saturated rings. The molecule has 1 aliphatic rings. The number of fused-ring (bicyclic) bond motifs is 1. The largest absolute Gasteiger partial charge is 0.314 e. The van der Waals surface area contributed by atoms with E-state index in [1.54, 1.807) is 13.0 Å². The van der Waals surface area contributed by atoms with Crippen LogP contribution < -0.4 is 10.2 Å². The van der Waals surface area contributed by atoms with Gasteiger partial charge in [-0.05, 0) is 37.1 Å².